The van der Waals surface area contributed by atoms with Crippen molar-refractivity contribution in [3.8, 4) is 0 Å². The van der Waals surface area contributed by atoms with Gasteiger partial charge in [0.1, 0.15) is 5.54 Å². The van der Waals surface area contributed by atoms with Crippen LogP contribution in [0.5, 0.6) is 0 Å². The lowest BCUT2D eigenvalue weighted by Gasteiger charge is -2.25. The summed E-state index contributed by atoms with van der Waals surface area (Å²) in [7, 11) is 3.22. The Morgan fingerprint density at radius 3 is 2.28 bits per heavy atom. The Kier molecular flexibility index (Phi) is 9.98. The molecule has 0 aliphatic rings. The summed E-state index contributed by atoms with van der Waals surface area (Å²) in [5.74, 6) is -0.200. The van der Waals surface area contributed by atoms with Gasteiger partial charge in [-0.2, -0.15) is 0 Å². The molecule has 0 saturated carbocycles. The van der Waals surface area contributed by atoms with Crippen molar-refractivity contribution in [1.82, 2.24) is 5.32 Å². The molecular formula is C14H29NO3. The minimum atomic E-state index is -0.572. The highest BCUT2D eigenvalue weighted by molar-refractivity contribution is 5.80. The van der Waals surface area contributed by atoms with Crippen molar-refractivity contribution in [2.45, 2.75) is 57.9 Å². The molecule has 108 valence electrons. The molecule has 4 heteroatoms. The van der Waals surface area contributed by atoms with E-state index in [1.54, 1.807) is 7.05 Å². The van der Waals surface area contributed by atoms with Gasteiger partial charge in [0.2, 0.25) is 0 Å². The normalized spacial score (nSPS) is 14.2. The molecule has 0 radical (unpaired) electrons. The maximum Gasteiger partial charge on any atom is 0.325 e. The smallest absolute Gasteiger partial charge is 0.325 e. The number of rotatable bonds is 11. The van der Waals surface area contributed by atoms with Crippen LogP contribution in [0.2, 0.25) is 0 Å². The summed E-state index contributed by atoms with van der Waals surface area (Å²) >= 11 is 0. The number of unbranched alkanes of at least 4 members (excludes halogenated alkanes) is 3. The standard InChI is InChI=1S/C14H29NO3/c1-5-6-8-11-18-12-9-7-10-14(2,15-3)13(16)17-4/h15H,5-12H2,1-4H3. The van der Waals surface area contributed by atoms with Gasteiger partial charge in [0.05, 0.1) is 7.11 Å². The first kappa shape index (κ1) is 17.4. The molecule has 0 bridgehead atoms. The number of ether oxygens (including phenoxy) is 2. The van der Waals surface area contributed by atoms with Crippen molar-refractivity contribution in [2.24, 2.45) is 0 Å². The van der Waals surface area contributed by atoms with Gasteiger partial charge in [0.15, 0.2) is 0 Å². The molecule has 4 nitrogen and oxygen atoms in total. The van der Waals surface area contributed by atoms with Crippen LogP contribution < -0.4 is 5.32 Å². The fourth-order valence-electron chi connectivity index (χ4n) is 1.79. The maximum atomic E-state index is 11.6. The predicted octanol–water partition coefficient (Wildman–Crippen LogP) is 2.51. The zero-order valence-electron chi connectivity index (χ0n) is 12.4. The summed E-state index contributed by atoms with van der Waals surface area (Å²) in [6.07, 6.45) is 6.32. The molecule has 0 heterocycles. The number of esters is 1. The second-order valence-electron chi connectivity index (χ2n) is 4.85. The lowest BCUT2D eigenvalue weighted by molar-refractivity contribution is -0.148. The van der Waals surface area contributed by atoms with Crippen LogP contribution in [-0.2, 0) is 14.3 Å². The van der Waals surface area contributed by atoms with E-state index in [1.807, 2.05) is 6.92 Å². The molecule has 0 rings (SSSR count). The van der Waals surface area contributed by atoms with Crippen LogP contribution in [-0.4, -0.2) is 38.9 Å². The summed E-state index contributed by atoms with van der Waals surface area (Å²) in [5, 5.41) is 3.03. The number of methoxy groups -OCH3 is 1. The summed E-state index contributed by atoms with van der Waals surface area (Å²) in [6, 6.07) is 0. The van der Waals surface area contributed by atoms with Crippen molar-refractivity contribution in [3.63, 3.8) is 0 Å². The Hall–Kier alpha value is -0.610. The third kappa shape index (κ3) is 6.97. The molecule has 0 aliphatic carbocycles. The zero-order chi connectivity index (χ0) is 13.9. The van der Waals surface area contributed by atoms with Crippen LogP contribution >= 0.6 is 0 Å². The van der Waals surface area contributed by atoms with Crippen molar-refractivity contribution < 1.29 is 14.3 Å². The van der Waals surface area contributed by atoms with Crippen LogP contribution in [0, 0.1) is 0 Å². The Balaban J connectivity index is 3.60. The lowest BCUT2D eigenvalue weighted by Crippen LogP contribution is -2.48. The van der Waals surface area contributed by atoms with Gasteiger partial charge < -0.3 is 14.8 Å². The van der Waals surface area contributed by atoms with Gasteiger partial charge in [-0.15, -0.1) is 0 Å². The number of hydrogen-bond donors (Lipinski definition) is 1. The summed E-state index contributed by atoms with van der Waals surface area (Å²) in [6.45, 7) is 5.70. The molecule has 0 aromatic heterocycles. The summed E-state index contributed by atoms with van der Waals surface area (Å²) < 4.78 is 10.3. The molecule has 1 N–H and O–H groups in total. The largest absolute Gasteiger partial charge is 0.468 e. The van der Waals surface area contributed by atoms with Crippen LogP contribution in [0.25, 0.3) is 0 Å². The Labute approximate surface area is 111 Å². The van der Waals surface area contributed by atoms with E-state index < -0.39 is 5.54 Å². The zero-order valence-corrected chi connectivity index (χ0v) is 12.4. The van der Waals surface area contributed by atoms with E-state index in [0.29, 0.717) is 0 Å². The van der Waals surface area contributed by atoms with Crippen molar-refractivity contribution >= 4 is 5.97 Å². The molecule has 0 saturated heterocycles. The molecule has 0 aliphatic heterocycles. The highest BCUT2D eigenvalue weighted by Gasteiger charge is 2.31. The molecule has 1 atom stereocenters. The van der Waals surface area contributed by atoms with Crippen LogP contribution in [0.15, 0.2) is 0 Å². The number of nitrogens with one attached hydrogen (secondary N) is 1. The van der Waals surface area contributed by atoms with E-state index >= 15 is 0 Å². The van der Waals surface area contributed by atoms with Crippen LogP contribution in [0.3, 0.4) is 0 Å². The average molecular weight is 259 g/mol. The second kappa shape index (κ2) is 10.3. The highest BCUT2D eigenvalue weighted by Crippen LogP contribution is 2.15. The molecule has 0 aromatic carbocycles. The molecule has 0 amide bonds. The number of carbonyl (C=O) groups excluding carboxylic acids is 1. The van der Waals surface area contributed by atoms with E-state index in [1.165, 1.54) is 20.0 Å². The first-order valence-corrected chi connectivity index (χ1v) is 6.95. The van der Waals surface area contributed by atoms with Gasteiger partial charge in [-0.25, -0.2) is 0 Å². The van der Waals surface area contributed by atoms with Crippen LogP contribution in [0.4, 0.5) is 0 Å². The number of carbonyl (C=O) groups is 1. The lowest BCUT2D eigenvalue weighted by atomic mass is 9.95. The first-order chi connectivity index (χ1) is 8.60. The van der Waals surface area contributed by atoms with E-state index in [2.05, 4.69) is 12.2 Å². The molecule has 0 fully saturated rings. The maximum absolute atomic E-state index is 11.6. The molecular weight excluding hydrogens is 230 g/mol. The van der Waals surface area contributed by atoms with Gasteiger partial charge >= 0.3 is 5.97 Å². The van der Waals surface area contributed by atoms with E-state index in [9.17, 15) is 4.79 Å². The third-order valence-electron chi connectivity index (χ3n) is 3.30. The van der Waals surface area contributed by atoms with Crippen LogP contribution in [0.1, 0.15) is 52.4 Å². The Morgan fingerprint density at radius 1 is 1.17 bits per heavy atom. The van der Waals surface area contributed by atoms with Gasteiger partial charge in [-0.05, 0) is 39.7 Å². The highest BCUT2D eigenvalue weighted by atomic mass is 16.5. The first-order valence-electron chi connectivity index (χ1n) is 6.95. The molecule has 0 aromatic rings. The third-order valence-corrected chi connectivity index (χ3v) is 3.30. The van der Waals surface area contributed by atoms with E-state index in [4.69, 9.17) is 9.47 Å². The van der Waals surface area contributed by atoms with Crippen molar-refractivity contribution in [1.29, 1.82) is 0 Å². The molecule has 1 unspecified atom stereocenters. The summed E-state index contributed by atoms with van der Waals surface area (Å²) in [5.41, 5.74) is -0.572. The number of hydrogen-bond acceptors (Lipinski definition) is 4. The number of likely N-dealkylation sites (N-methyl/N-ethyl adjacent to an activating group) is 1. The van der Waals surface area contributed by atoms with Crippen molar-refractivity contribution in [2.75, 3.05) is 27.4 Å². The van der Waals surface area contributed by atoms with Gasteiger partial charge in [0.25, 0.3) is 0 Å². The van der Waals surface area contributed by atoms with Gasteiger partial charge in [-0.1, -0.05) is 19.8 Å². The minimum absolute atomic E-state index is 0.200. The fourth-order valence-corrected chi connectivity index (χ4v) is 1.79. The van der Waals surface area contributed by atoms with Crippen molar-refractivity contribution in [3.05, 3.63) is 0 Å². The van der Waals surface area contributed by atoms with Gasteiger partial charge in [-0.3, -0.25) is 4.79 Å². The molecule has 0 spiro atoms. The Bertz CT molecular complexity index is 221. The monoisotopic (exact) mass is 259 g/mol. The predicted molar refractivity (Wildman–Crippen MR) is 73.7 cm³/mol. The SMILES string of the molecule is CCCCCOCCCCC(C)(NC)C(=O)OC. The topological polar surface area (TPSA) is 47.6 Å². The van der Waals surface area contributed by atoms with E-state index in [-0.39, 0.29) is 5.97 Å². The summed E-state index contributed by atoms with van der Waals surface area (Å²) in [4.78, 5) is 11.6. The van der Waals surface area contributed by atoms with E-state index in [0.717, 1.165) is 38.9 Å². The Morgan fingerprint density at radius 2 is 1.78 bits per heavy atom. The minimum Gasteiger partial charge on any atom is -0.468 e. The second-order valence-corrected chi connectivity index (χ2v) is 4.85. The molecule has 18 heavy (non-hydrogen) atoms. The quantitative estimate of drug-likeness (QED) is 0.457. The average Bonchev–Trinajstić information content (AvgIpc) is 2.40. The van der Waals surface area contributed by atoms with Gasteiger partial charge in [0, 0.05) is 13.2 Å². The fraction of sp³-hybridized carbons (Fsp3) is 0.929.